The molecule has 2 fully saturated rings. The summed E-state index contributed by atoms with van der Waals surface area (Å²) in [5.41, 5.74) is 0.510. The van der Waals surface area contributed by atoms with E-state index < -0.39 is 23.5 Å². The number of nitrogens with one attached hydrogen (secondary N) is 2. The van der Waals surface area contributed by atoms with Crippen molar-refractivity contribution in [1.29, 1.82) is 0 Å². The molecule has 15 heteroatoms. The van der Waals surface area contributed by atoms with Crippen LogP contribution in [0.4, 0.5) is 4.79 Å². The third-order valence-electron chi connectivity index (χ3n) is 11.1. The van der Waals surface area contributed by atoms with Gasteiger partial charge in [0.1, 0.15) is 23.0 Å². The molecule has 3 atom stereocenters. The van der Waals surface area contributed by atoms with Crippen LogP contribution in [-0.4, -0.2) is 95.8 Å². The molecule has 0 bridgehead atoms. The molecule has 7 rings (SSSR count). The smallest absolute Gasteiger partial charge is 0.340 e. The summed E-state index contributed by atoms with van der Waals surface area (Å²) < 4.78 is 23.1. The lowest BCUT2D eigenvalue weighted by molar-refractivity contribution is -0.132. The number of hydrogen-bond donors (Lipinski definition) is 2. The quantitative estimate of drug-likeness (QED) is 0.0809. The first kappa shape index (κ1) is 40.6. The predicted molar refractivity (Wildman–Crippen MR) is 214 cm³/mol. The number of rotatable bonds is 15. The number of thioether (sulfide) groups is 1. The third-order valence-corrected chi connectivity index (χ3v) is 12.6. The van der Waals surface area contributed by atoms with E-state index in [4.69, 9.17) is 18.9 Å². The van der Waals surface area contributed by atoms with E-state index in [2.05, 4.69) is 10.6 Å². The van der Waals surface area contributed by atoms with Crippen LogP contribution >= 0.6 is 11.8 Å². The Morgan fingerprint density at radius 2 is 1.41 bits per heavy atom. The second kappa shape index (κ2) is 17.1. The van der Waals surface area contributed by atoms with Gasteiger partial charge >= 0.3 is 23.9 Å². The molecule has 4 heterocycles. The van der Waals surface area contributed by atoms with E-state index in [-0.39, 0.29) is 58.5 Å². The second-order valence-electron chi connectivity index (χ2n) is 15.3. The highest BCUT2D eigenvalue weighted by atomic mass is 32.2. The Hall–Kier alpha value is -5.57. The van der Waals surface area contributed by atoms with Gasteiger partial charge in [0.25, 0.3) is 5.91 Å². The number of unbranched alkanes of at least 4 members (excludes halogenated alkanes) is 4. The van der Waals surface area contributed by atoms with E-state index in [1.165, 1.54) is 26.0 Å². The molecule has 4 aliphatic heterocycles. The molecule has 1 spiro atoms. The van der Waals surface area contributed by atoms with Crippen LogP contribution in [0.15, 0.2) is 54.6 Å². The molecule has 4 aliphatic rings. The zero-order valence-electron chi connectivity index (χ0n) is 33.1. The van der Waals surface area contributed by atoms with Gasteiger partial charge in [0.2, 0.25) is 5.91 Å². The van der Waals surface area contributed by atoms with Gasteiger partial charge in [0.15, 0.2) is 5.60 Å². The molecular formula is C43H48N4O10S. The van der Waals surface area contributed by atoms with E-state index in [1.54, 1.807) is 59.3 Å². The van der Waals surface area contributed by atoms with Crippen molar-refractivity contribution in [3.05, 3.63) is 82.4 Å². The van der Waals surface area contributed by atoms with Gasteiger partial charge in [-0.05, 0) is 68.1 Å². The molecule has 306 valence electrons. The minimum absolute atomic E-state index is 0.0770. The lowest BCUT2D eigenvalue weighted by Crippen LogP contribution is -2.36. The molecule has 0 radical (unpaired) electrons. The average Bonchev–Trinajstić information content (AvgIpc) is 3.83. The van der Waals surface area contributed by atoms with Crippen LogP contribution in [0.2, 0.25) is 0 Å². The highest BCUT2D eigenvalue weighted by Crippen LogP contribution is 2.57. The van der Waals surface area contributed by atoms with Crippen molar-refractivity contribution in [3.8, 4) is 23.0 Å². The topological polar surface area (TPSA) is 170 Å². The van der Waals surface area contributed by atoms with E-state index in [9.17, 15) is 28.8 Å². The maximum Gasteiger partial charge on any atom is 0.340 e. The summed E-state index contributed by atoms with van der Waals surface area (Å²) in [6, 6.07) is 14.8. The number of amides is 4. The van der Waals surface area contributed by atoms with Gasteiger partial charge in [-0.1, -0.05) is 19.3 Å². The number of urea groups is 1. The van der Waals surface area contributed by atoms with Crippen molar-refractivity contribution in [2.75, 3.05) is 32.9 Å². The Bertz CT molecular complexity index is 2080. The highest BCUT2D eigenvalue weighted by Gasteiger charge is 2.54. The van der Waals surface area contributed by atoms with E-state index >= 15 is 0 Å². The Balaban J connectivity index is 0.942. The largest absolute Gasteiger partial charge is 0.456 e. The van der Waals surface area contributed by atoms with Gasteiger partial charge in [-0.25, -0.2) is 9.59 Å². The lowest BCUT2D eigenvalue weighted by atomic mass is 9.77. The second-order valence-corrected chi connectivity index (χ2v) is 16.5. The lowest BCUT2D eigenvalue weighted by Gasteiger charge is -2.36. The summed E-state index contributed by atoms with van der Waals surface area (Å²) in [6.45, 7) is 3.76. The molecule has 3 aromatic carbocycles. The summed E-state index contributed by atoms with van der Waals surface area (Å²) in [7, 11) is 3.60. The minimum atomic E-state index is -1.52. The predicted octanol–water partition coefficient (Wildman–Crippen LogP) is 5.92. The van der Waals surface area contributed by atoms with Gasteiger partial charge in [-0.2, -0.15) is 11.8 Å². The van der Waals surface area contributed by atoms with Crippen LogP contribution in [0.1, 0.15) is 103 Å². The molecule has 3 aromatic rings. The van der Waals surface area contributed by atoms with Crippen molar-refractivity contribution in [2.45, 2.75) is 88.1 Å². The normalized spacial score (nSPS) is 19.1. The fourth-order valence-corrected chi connectivity index (χ4v) is 9.77. The number of ether oxygens (including phenoxy) is 4. The molecule has 4 amide bonds. The van der Waals surface area contributed by atoms with E-state index in [0.717, 1.165) is 50.7 Å². The Labute approximate surface area is 341 Å². The summed E-state index contributed by atoms with van der Waals surface area (Å²) in [6.07, 6.45) is 6.75. The maximum absolute atomic E-state index is 13.8. The first-order chi connectivity index (χ1) is 27.8. The molecule has 58 heavy (non-hydrogen) atoms. The van der Waals surface area contributed by atoms with Gasteiger partial charge in [0, 0.05) is 92.8 Å². The summed E-state index contributed by atoms with van der Waals surface area (Å²) in [5, 5.41) is 6.39. The number of benzene rings is 3. The number of hydrogen-bond acceptors (Lipinski definition) is 11. The zero-order valence-corrected chi connectivity index (χ0v) is 33.9. The summed E-state index contributed by atoms with van der Waals surface area (Å²) in [4.78, 5) is 78.7. The van der Waals surface area contributed by atoms with Crippen LogP contribution in [0.5, 0.6) is 23.0 Å². The molecule has 2 N–H and O–H groups in total. The molecule has 0 aromatic heterocycles. The van der Waals surface area contributed by atoms with Crippen molar-refractivity contribution >= 4 is 47.5 Å². The number of fused-ring (bicyclic) bond motifs is 7. The Kier molecular flexibility index (Phi) is 12.0. The van der Waals surface area contributed by atoms with Crippen molar-refractivity contribution in [1.82, 2.24) is 20.4 Å². The SMILES string of the molecule is CC(=O)Oc1ccc2c(c1)Oc1cc(OC(C)=O)ccc1C21OC(=O)c2ccc(C(=O)N(C)CCCCCCN(C)C(=O)CCCC[C@@H]3SCC4NC(=O)NC43)cc21. The molecule has 2 saturated heterocycles. The van der Waals surface area contributed by atoms with Gasteiger partial charge in [0.05, 0.1) is 17.6 Å². The fourth-order valence-electron chi connectivity index (χ4n) is 8.23. The van der Waals surface area contributed by atoms with E-state index in [0.29, 0.717) is 47.0 Å². The van der Waals surface area contributed by atoms with Crippen LogP contribution in [-0.2, 0) is 24.7 Å². The van der Waals surface area contributed by atoms with E-state index in [1.807, 2.05) is 18.8 Å². The molecular weight excluding hydrogens is 765 g/mol. The van der Waals surface area contributed by atoms with Gasteiger partial charge < -0.3 is 39.4 Å². The minimum Gasteiger partial charge on any atom is -0.456 e. The number of carbonyl (C=O) groups excluding carboxylic acids is 6. The third kappa shape index (κ3) is 8.36. The first-order valence-corrected chi connectivity index (χ1v) is 20.8. The number of nitrogens with zero attached hydrogens (tertiary/aromatic N) is 2. The van der Waals surface area contributed by atoms with Crippen molar-refractivity contribution < 1.29 is 47.7 Å². The van der Waals surface area contributed by atoms with Gasteiger partial charge in [-0.3, -0.25) is 19.2 Å². The fraction of sp³-hybridized carbons (Fsp3) is 0.442. The summed E-state index contributed by atoms with van der Waals surface area (Å²) in [5.74, 6) is 0.169. The van der Waals surface area contributed by atoms with Gasteiger partial charge in [-0.15, -0.1) is 0 Å². The zero-order chi connectivity index (χ0) is 41.1. The van der Waals surface area contributed by atoms with Crippen LogP contribution in [0.25, 0.3) is 0 Å². The number of esters is 3. The van der Waals surface area contributed by atoms with Crippen LogP contribution in [0.3, 0.4) is 0 Å². The van der Waals surface area contributed by atoms with Crippen LogP contribution < -0.4 is 24.8 Å². The first-order valence-electron chi connectivity index (χ1n) is 19.7. The highest BCUT2D eigenvalue weighted by molar-refractivity contribution is 8.00. The van der Waals surface area contributed by atoms with Crippen molar-refractivity contribution in [2.24, 2.45) is 0 Å². The van der Waals surface area contributed by atoms with Crippen molar-refractivity contribution in [3.63, 3.8) is 0 Å². The maximum atomic E-state index is 13.8. The Morgan fingerprint density at radius 3 is 2.05 bits per heavy atom. The monoisotopic (exact) mass is 812 g/mol. The summed E-state index contributed by atoms with van der Waals surface area (Å²) >= 11 is 1.89. The molecule has 0 aliphatic carbocycles. The van der Waals surface area contributed by atoms with Crippen LogP contribution in [0, 0.1) is 0 Å². The average molecular weight is 813 g/mol. The molecule has 0 saturated carbocycles. The Morgan fingerprint density at radius 1 is 0.776 bits per heavy atom. The number of carbonyl (C=O) groups is 6. The molecule has 2 unspecified atom stereocenters. The molecule has 14 nitrogen and oxygen atoms in total. The standard InChI is InChI=1S/C43H48N4O10S/c1-25(48)54-28-14-17-31-35(22-28)56-36-23-29(55-26(2)49)15-18-32(36)43(31)33-21-27(13-16-30(33)41(52)57-43)40(51)47(4)20-10-6-5-9-19-46(3)38(50)12-8-7-11-37-39-34(24-58-37)44-42(53)45-39/h13-18,21-23,34,37,39H,5-12,19-20,24H2,1-4H3,(H2,44,45,53)/t34?,37-,39?/m0/s1.